The number of imide groups is 1. The molecule has 0 bridgehead atoms. The fraction of sp³-hybridized carbons (Fsp3) is 0.750. The summed E-state index contributed by atoms with van der Waals surface area (Å²) < 4.78 is 27.0. The van der Waals surface area contributed by atoms with E-state index in [0.29, 0.717) is 17.9 Å². The van der Waals surface area contributed by atoms with E-state index in [4.69, 9.17) is 0 Å². The first-order valence-electron chi connectivity index (χ1n) is 4.74. The molecule has 0 N–H and O–H groups in total. The maximum absolute atomic E-state index is 11.3. The number of hydrogen-bond acceptors (Lipinski definition) is 5. The lowest BCUT2D eigenvalue weighted by atomic mass is 10.4. The van der Waals surface area contributed by atoms with Crippen LogP contribution < -0.4 is 0 Å². The van der Waals surface area contributed by atoms with Crippen molar-refractivity contribution < 1.29 is 22.3 Å². The summed E-state index contributed by atoms with van der Waals surface area (Å²) >= 11 is 0. The molecule has 2 amide bonds. The van der Waals surface area contributed by atoms with Gasteiger partial charge in [0.05, 0.1) is 5.75 Å². The van der Waals surface area contributed by atoms with Crippen molar-refractivity contribution in [2.75, 3.05) is 5.75 Å². The Balaban J connectivity index is 2.60. The Morgan fingerprint density at radius 2 is 1.80 bits per heavy atom. The van der Waals surface area contributed by atoms with E-state index in [1.807, 2.05) is 6.92 Å². The maximum Gasteiger partial charge on any atom is 0.288 e. The normalized spacial score (nSPS) is 17.5. The topological polar surface area (TPSA) is 80.8 Å². The number of unbranched alkanes of at least 4 members (excludes halogenated alkanes) is 1. The van der Waals surface area contributed by atoms with Crippen LogP contribution >= 0.6 is 0 Å². The minimum atomic E-state index is -3.81. The third-order valence-corrected chi connectivity index (χ3v) is 3.11. The van der Waals surface area contributed by atoms with E-state index in [9.17, 15) is 18.0 Å². The zero-order valence-electron chi connectivity index (χ0n) is 8.43. The van der Waals surface area contributed by atoms with Crippen molar-refractivity contribution in [2.24, 2.45) is 0 Å². The molecule has 1 rings (SSSR count). The van der Waals surface area contributed by atoms with Crippen molar-refractivity contribution >= 4 is 21.9 Å². The number of hydroxylamine groups is 2. The van der Waals surface area contributed by atoms with Gasteiger partial charge in [0.25, 0.3) is 21.9 Å². The summed E-state index contributed by atoms with van der Waals surface area (Å²) in [6.45, 7) is 1.84. The second kappa shape index (κ2) is 4.71. The SMILES string of the molecule is CCCCS(=O)(=O)ON1C(=O)CCC1=O. The van der Waals surface area contributed by atoms with Crippen LogP contribution in [-0.4, -0.2) is 31.0 Å². The molecule has 0 radical (unpaired) electrons. The first-order chi connectivity index (χ1) is 6.96. The Hall–Kier alpha value is -0.950. The van der Waals surface area contributed by atoms with Gasteiger partial charge in [0.15, 0.2) is 0 Å². The number of carbonyl (C=O) groups is 2. The van der Waals surface area contributed by atoms with Gasteiger partial charge in [-0.2, -0.15) is 8.42 Å². The van der Waals surface area contributed by atoms with Crippen molar-refractivity contribution in [2.45, 2.75) is 32.6 Å². The molecule has 0 saturated carbocycles. The first kappa shape index (κ1) is 12.1. The quantitative estimate of drug-likeness (QED) is 0.636. The summed E-state index contributed by atoms with van der Waals surface area (Å²) in [4.78, 5) is 22.1. The van der Waals surface area contributed by atoms with Gasteiger partial charge in [0.1, 0.15) is 0 Å². The van der Waals surface area contributed by atoms with Crippen LogP contribution in [0.3, 0.4) is 0 Å². The Morgan fingerprint density at radius 1 is 1.27 bits per heavy atom. The molecular formula is C8H13NO5S. The van der Waals surface area contributed by atoms with Gasteiger partial charge in [0, 0.05) is 12.8 Å². The molecule has 0 aromatic rings. The molecule has 0 aromatic carbocycles. The predicted molar refractivity (Wildman–Crippen MR) is 50.9 cm³/mol. The minimum absolute atomic E-state index is 0.0160. The van der Waals surface area contributed by atoms with Crippen LogP contribution in [0.5, 0.6) is 0 Å². The Morgan fingerprint density at radius 3 is 2.27 bits per heavy atom. The second-order valence-electron chi connectivity index (χ2n) is 3.27. The lowest BCUT2D eigenvalue weighted by molar-refractivity contribution is -0.163. The van der Waals surface area contributed by atoms with Gasteiger partial charge in [-0.05, 0) is 6.42 Å². The number of hydrogen-bond donors (Lipinski definition) is 0. The van der Waals surface area contributed by atoms with E-state index in [0.717, 1.165) is 0 Å². The molecule has 0 spiro atoms. The van der Waals surface area contributed by atoms with E-state index in [-0.39, 0.29) is 18.6 Å². The molecule has 86 valence electrons. The van der Waals surface area contributed by atoms with Gasteiger partial charge in [-0.1, -0.05) is 13.3 Å². The Bertz CT molecular complexity index is 345. The van der Waals surface area contributed by atoms with Gasteiger partial charge in [-0.3, -0.25) is 9.59 Å². The average molecular weight is 235 g/mol. The number of carbonyl (C=O) groups excluding carboxylic acids is 2. The van der Waals surface area contributed by atoms with Crippen molar-refractivity contribution in [1.29, 1.82) is 0 Å². The summed E-state index contributed by atoms with van der Waals surface area (Å²) in [5.74, 6) is -1.37. The van der Waals surface area contributed by atoms with Crippen LogP contribution in [0.2, 0.25) is 0 Å². The molecular weight excluding hydrogens is 222 g/mol. The Kier molecular flexibility index (Phi) is 3.81. The highest BCUT2D eigenvalue weighted by Crippen LogP contribution is 2.14. The van der Waals surface area contributed by atoms with Crippen molar-refractivity contribution in [3.8, 4) is 0 Å². The van der Waals surface area contributed by atoms with Crippen LogP contribution in [0.15, 0.2) is 0 Å². The largest absolute Gasteiger partial charge is 0.288 e. The third-order valence-electron chi connectivity index (χ3n) is 1.94. The van der Waals surface area contributed by atoms with Crippen molar-refractivity contribution in [3.63, 3.8) is 0 Å². The third kappa shape index (κ3) is 3.28. The lowest BCUT2D eigenvalue weighted by Crippen LogP contribution is -2.33. The molecule has 7 heteroatoms. The number of nitrogens with zero attached hydrogens (tertiary/aromatic N) is 1. The molecule has 1 heterocycles. The van der Waals surface area contributed by atoms with E-state index in [1.165, 1.54) is 0 Å². The van der Waals surface area contributed by atoms with Crippen molar-refractivity contribution in [1.82, 2.24) is 5.06 Å². The van der Waals surface area contributed by atoms with E-state index < -0.39 is 21.9 Å². The van der Waals surface area contributed by atoms with Gasteiger partial charge in [-0.15, -0.1) is 9.35 Å². The second-order valence-corrected chi connectivity index (χ2v) is 4.94. The van der Waals surface area contributed by atoms with Gasteiger partial charge in [-0.25, -0.2) is 0 Å². The van der Waals surface area contributed by atoms with Crippen LogP contribution in [-0.2, 0) is 24.0 Å². The summed E-state index contributed by atoms with van der Waals surface area (Å²) in [6, 6.07) is 0. The smallest absolute Gasteiger partial charge is 0.272 e. The highest BCUT2D eigenvalue weighted by molar-refractivity contribution is 7.86. The van der Waals surface area contributed by atoms with E-state index >= 15 is 0 Å². The molecule has 0 aliphatic carbocycles. The lowest BCUT2D eigenvalue weighted by Gasteiger charge is -2.12. The van der Waals surface area contributed by atoms with Gasteiger partial charge < -0.3 is 0 Å². The summed E-state index contributed by atoms with van der Waals surface area (Å²) in [7, 11) is -3.81. The monoisotopic (exact) mass is 235 g/mol. The predicted octanol–water partition coefficient (Wildman–Crippen LogP) is 0.197. The zero-order chi connectivity index (χ0) is 11.5. The van der Waals surface area contributed by atoms with E-state index in [2.05, 4.69) is 4.28 Å². The zero-order valence-corrected chi connectivity index (χ0v) is 9.25. The average Bonchev–Trinajstić information content (AvgIpc) is 2.46. The Labute approximate surface area is 88.3 Å². The molecule has 6 nitrogen and oxygen atoms in total. The maximum atomic E-state index is 11.3. The van der Waals surface area contributed by atoms with E-state index in [1.54, 1.807) is 0 Å². The van der Waals surface area contributed by atoms with Gasteiger partial charge in [0.2, 0.25) is 0 Å². The summed E-state index contributed by atoms with van der Waals surface area (Å²) in [5, 5.41) is 0.352. The van der Waals surface area contributed by atoms with Crippen LogP contribution in [0, 0.1) is 0 Å². The number of rotatable bonds is 5. The summed E-state index contributed by atoms with van der Waals surface area (Å²) in [6.07, 6.45) is 1.17. The fourth-order valence-corrected chi connectivity index (χ4v) is 2.22. The standard InChI is InChI=1S/C8H13NO5S/c1-2-3-6-15(12,13)14-9-7(10)4-5-8(9)11/h2-6H2,1H3. The molecule has 0 atom stereocenters. The summed E-state index contributed by atoms with van der Waals surface area (Å²) in [5.41, 5.74) is 0. The number of amides is 2. The molecule has 0 aromatic heterocycles. The molecule has 15 heavy (non-hydrogen) atoms. The van der Waals surface area contributed by atoms with Crippen LogP contribution in [0.4, 0.5) is 0 Å². The highest BCUT2D eigenvalue weighted by Gasteiger charge is 2.34. The minimum Gasteiger partial charge on any atom is -0.272 e. The van der Waals surface area contributed by atoms with Crippen LogP contribution in [0.25, 0.3) is 0 Å². The molecule has 1 aliphatic rings. The van der Waals surface area contributed by atoms with Crippen molar-refractivity contribution in [3.05, 3.63) is 0 Å². The molecule has 1 saturated heterocycles. The fourth-order valence-electron chi connectivity index (χ4n) is 1.11. The first-order valence-corrected chi connectivity index (χ1v) is 6.32. The molecule has 1 aliphatic heterocycles. The molecule has 1 fully saturated rings. The molecule has 0 unspecified atom stereocenters. The highest BCUT2D eigenvalue weighted by atomic mass is 32.2. The van der Waals surface area contributed by atoms with Crippen LogP contribution in [0.1, 0.15) is 32.6 Å². The van der Waals surface area contributed by atoms with Gasteiger partial charge >= 0.3 is 0 Å².